The van der Waals surface area contributed by atoms with E-state index in [0.29, 0.717) is 22.1 Å². The molecule has 0 aliphatic heterocycles. The second kappa shape index (κ2) is 8.34. The molecule has 0 bridgehead atoms. The maximum Gasteiger partial charge on any atom is 0.240 e. The van der Waals surface area contributed by atoms with Crippen LogP contribution in [0.1, 0.15) is 90.0 Å². The highest BCUT2D eigenvalue weighted by atomic mass is 32.2. The first kappa shape index (κ1) is 23.8. The van der Waals surface area contributed by atoms with Gasteiger partial charge in [0.25, 0.3) is 0 Å². The molecule has 33 heavy (non-hydrogen) atoms. The van der Waals surface area contributed by atoms with Crippen molar-refractivity contribution in [1.82, 2.24) is 4.72 Å². The second-order valence-corrected chi connectivity index (χ2v) is 14.3. The molecule has 0 spiro atoms. The molecule has 5 heteroatoms. The van der Waals surface area contributed by atoms with Crippen LogP contribution in [0.4, 0.5) is 0 Å². The summed E-state index contributed by atoms with van der Waals surface area (Å²) in [6.07, 6.45) is 10.9. The molecule has 2 N–H and O–H groups in total. The minimum absolute atomic E-state index is 0.233. The van der Waals surface area contributed by atoms with Crippen LogP contribution >= 0.6 is 0 Å². The van der Waals surface area contributed by atoms with Crippen molar-refractivity contribution in [3.8, 4) is 0 Å². The third-order valence-corrected chi connectivity index (χ3v) is 12.4. The molecule has 4 fully saturated rings. The predicted octanol–water partition coefficient (Wildman–Crippen LogP) is 5.72. The molecule has 0 saturated heterocycles. The van der Waals surface area contributed by atoms with Crippen molar-refractivity contribution in [2.45, 2.75) is 95.0 Å². The molecule has 0 aromatic heterocycles. The van der Waals surface area contributed by atoms with Gasteiger partial charge in [-0.05, 0) is 130 Å². The number of aliphatic hydroxyl groups is 1. The van der Waals surface area contributed by atoms with Gasteiger partial charge in [0, 0.05) is 0 Å². The molecule has 9 atom stereocenters. The van der Waals surface area contributed by atoms with Crippen LogP contribution in [-0.2, 0) is 10.0 Å². The van der Waals surface area contributed by atoms with E-state index in [1.54, 1.807) is 6.07 Å². The molecular weight excluding hydrogens is 430 g/mol. The van der Waals surface area contributed by atoms with E-state index in [-0.39, 0.29) is 5.92 Å². The molecule has 4 nitrogen and oxygen atoms in total. The molecule has 1 aromatic rings. The maximum absolute atomic E-state index is 12.7. The van der Waals surface area contributed by atoms with Crippen LogP contribution in [0.25, 0.3) is 0 Å². The zero-order valence-electron chi connectivity index (χ0n) is 20.9. The van der Waals surface area contributed by atoms with Crippen molar-refractivity contribution in [3.05, 3.63) is 29.8 Å². The first-order valence-electron chi connectivity index (χ1n) is 13.3. The van der Waals surface area contributed by atoms with Crippen LogP contribution in [0.5, 0.6) is 0 Å². The Bertz CT molecular complexity index is 989. The summed E-state index contributed by atoms with van der Waals surface area (Å²) in [4.78, 5) is 0.454. The van der Waals surface area contributed by atoms with Crippen molar-refractivity contribution in [2.75, 3.05) is 7.05 Å². The van der Waals surface area contributed by atoms with Gasteiger partial charge in [-0.25, -0.2) is 13.1 Å². The van der Waals surface area contributed by atoms with E-state index in [2.05, 4.69) is 18.6 Å². The Balaban J connectivity index is 1.39. The standard InChI is InChI=1S/C28H43NO3S/c1-18(20-7-5-6-8-26(20)33(31,32)29-4)24-11-12-25-23-10-9-19-17-27(2,30)15-13-21(19)22(23)14-16-28(24,25)3/h5-8,18-19,21-25,29-30H,9-17H2,1-4H3/t18-,19-,21+,22-,23-,24+,25+,27-,28-/m1/s1. The summed E-state index contributed by atoms with van der Waals surface area (Å²) in [6.45, 7) is 6.85. The number of hydrogen-bond donors (Lipinski definition) is 2. The maximum atomic E-state index is 12.7. The lowest BCUT2D eigenvalue weighted by Gasteiger charge is -2.57. The van der Waals surface area contributed by atoms with Crippen LogP contribution < -0.4 is 4.72 Å². The van der Waals surface area contributed by atoms with Crippen molar-refractivity contribution in [1.29, 1.82) is 0 Å². The minimum Gasteiger partial charge on any atom is -0.390 e. The van der Waals surface area contributed by atoms with Gasteiger partial charge in [-0.3, -0.25) is 0 Å². The van der Waals surface area contributed by atoms with Crippen molar-refractivity contribution < 1.29 is 13.5 Å². The highest BCUT2D eigenvalue weighted by molar-refractivity contribution is 7.89. The summed E-state index contributed by atoms with van der Waals surface area (Å²) in [5.41, 5.74) is 0.829. The highest BCUT2D eigenvalue weighted by Crippen LogP contribution is 2.66. The van der Waals surface area contributed by atoms with Gasteiger partial charge in [-0.2, -0.15) is 0 Å². The van der Waals surface area contributed by atoms with Crippen molar-refractivity contribution in [3.63, 3.8) is 0 Å². The highest BCUT2D eigenvalue weighted by Gasteiger charge is 2.58. The summed E-state index contributed by atoms with van der Waals surface area (Å²) < 4.78 is 28.0. The lowest BCUT2D eigenvalue weighted by Crippen LogP contribution is -2.50. The van der Waals surface area contributed by atoms with E-state index in [1.807, 2.05) is 25.1 Å². The Kier molecular flexibility index (Phi) is 6.02. The Morgan fingerprint density at radius 3 is 2.45 bits per heavy atom. The molecule has 0 heterocycles. The SMILES string of the molecule is CNS(=O)(=O)c1ccccc1[C@@H](C)[C@@H]1CC[C@H]2[C@@H]3CC[C@@H]4C[C@](C)(O)CC[C@@H]4[C@H]3CC[C@@]21C. The summed E-state index contributed by atoms with van der Waals surface area (Å²) in [5.74, 6) is 4.71. The third-order valence-electron chi connectivity index (χ3n) is 10.9. The third kappa shape index (κ3) is 3.90. The van der Waals surface area contributed by atoms with E-state index in [1.165, 1.54) is 52.0 Å². The van der Waals surface area contributed by atoms with Crippen LogP contribution in [-0.4, -0.2) is 26.2 Å². The van der Waals surface area contributed by atoms with E-state index in [4.69, 9.17) is 0 Å². The molecular formula is C28H43NO3S. The Hall–Kier alpha value is -0.910. The molecule has 1 aromatic carbocycles. The summed E-state index contributed by atoms with van der Waals surface area (Å²) >= 11 is 0. The number of fused-ring (bicyclic) bond motifs is 5. The lowest BCUT2D eigenvalue weighted by atomic mass is 9.48. The van der Waals surface area contributed by atoms with E-state index < -0.39 is 15.6 Å². The number of nitrogens with one attached hydrogen (secondary N) is 1. The predicted molar refractivity (Wildman–Crippen MR) is 132 cm³/mol. The van der Waals surface area contributed by atoms with E-state index in [0.717, 1.165) is 42.1 Å². The monoisotopic (exact) mass is 473 g/mol. The number of hydrogen-bond acceptors (Lipinski definition) is 3. The molecule has 4 saturated carbocycles. The molecule has 0 amide bonds. The first-order chi connectivity index (χ1) is 15.6. The smallest absolute Gasteiger partial charge is 0.240 e. The van der Waals surface area contributed by atoms with Crippen molar-refractivity contribution >= 4 is 10.0 Å². The zero-order chi connectivity index (χ0) is 23.6. The van der Waals surface area contributed by atoms with Gasteiger partial charge < -0.3 is 5.11 Å². The van der Waals surface area contributed by atoms with Crippen LogP contribution in [0.3, 0.4) is 0 Å². The molecule has 0 radical (unpaired) electrons. The zero-order valence-corrected chi connectivity index (χ0v) is 21.7. The van der Waals surface area contributed by atoms with Gasteiger partial charge in [0.05, 0.1) is 10.5 Å². The fourth-order valence-corrected chi connectivity index (χ4v) is 10.4. The average Bonchev–Trinajstić information content (AvgIpc) is 3.14. The Morgan fingerprint density at radius 1 is 0.970 bits per heavy atom. The van der Waals surface area contributed by atoms with E-state index in [9.17, 15) is 13.5 Å². The lowest BCUT2D eigenvalue weighted by molar-refractivity contribution is -0.101. The minimum atomic E-state index is -3.46. The molecule has 5 rings (SSSR count). The molecule has 4 aliphatic carbocycles. The quantitative estimate of drug-likeness (QED) is 0.588. The summed E-state index contributed by atoms with van der Waals surface area (Å²) in [5, 5.41) is 10.7. The fourth-order valence-electron chi connectivity index (χ4n) is 9.37. The largest absolute Gasteiger partial charge is 0.390 e. The van der Waals surface area contributed by atoms with Crippen molar-refractivity contribution in [2.24, 2.45) is 40.9 Å². The summed E-state index contributed by atoms with van der Waals surface area (Å²) in [7, 11) is -1.96. The summed E-state index contributed by atoms with van der Waals surface area (Å²) in [6, 6.07) is 7.63. The molecule has 4 aliphatic rings. The van der Waals surface area contributed by atoms with Gasteiger partial charge in [-0.15, -0.1) is 0 Å². The molecule has 0 unspecified atom stereocenters. The fraction of sp³-hybridized carbons (Fsp3) is 0.786. The normalized spacial score (nSPS) is 43.9. The number of benzene rings is 1. The van der Waals surface area contributed by atoms with Gasteiger partial charge in [0.1, 0.15) is 0 Å². The molecule has 184 valence electrons. The Morgan fingerprint density at radius 2 is 1.70 bits per heavy atom. The number of sulfonamides is 1. The topological polar surface area (TPSA) is 66.4 Å². The van der Waals surface area contributed by atoms with Crippen LogP contribution in [0, 0.1) is 40.9 Å². The second-order valence-electron chi connectivity index (χ2n) is 12.4. The van der Waals surface area contributed by atoms with Crippen LogP contribution in [0.15, 0.2) is 29.2 Å². The van der Waals surface area contributed by atoms with E-state index >= 15 is 0 Å². The van der Waals surface area contributed by atoms with Gasteiger partial charge >= 0.3 is 0 Å². The Labute approximate surface area is 201 Å². The number of rotatable bonds is 4. The van der Waals surface area contributed by atoms with Gasteiger partial charge in [-0.1, -0.05) is 32.0 Å². The average molecular weight is 474 g/mol. The van der Waals surface area contributed by atoms with Gasteiger partial charge in [0.2, 0.25) is 10.0 Å². The first-order valence-corrected chi connectivity index (χ1v) is 14.8. The van der Waals surface area contributed by atoms with Crippen LogP contribution in [0.2, 0.25) is 0 Å². The van der Waals surface area contributed by atoms with Gasteiger partial charge in [0.15, 0.2) is 0 Å².